The summed E-state index contributed by atoms with van der Waals surface area (Å²) in [5.74, 6) is 0.861. The molecule has 1 N–H and O–H groups in total. The Morgan fingerprint density at radius 3 is 2.67 bits per heavy atom. The second-order valence-corrected chi connectivity index (χ2v) is 4.48. The summed E-state index contributed by atoms with van der Waals surface area (Å²) in [6.45, 7) is 1.93. The monoisotopic (exact) mass is 225 g/mol. The molecule has 0 bridgehead atoms. The predicted octanol–water partition coefficient (Wildman–Crippen LogP) is 3.18. The van der Waals surface area contributed by atoms with Crippen LogP contribution in [0.15, 0.2) is 6.07 Å². The number of halogens is 1. The van der Waals surface area contributed by atoms with Gasteiger partial charge >= 0.3 is 0 Å². The Morgan fingerprint density at radius 2 is 2.00 bits per heavy atom. The van der Waals surface area contributed by atoms with Gasteiger partial charge in [-0.3, -0.25) is 0 Å². The van der Waals surface area contributed by atoms with Crippen molar-refractivity contribution in [3.63, 3.8) is 0 Å². The van der Waals surface area contributed by atoms with Crippen molar-refractivity contribution in [3.05, 3.63) is 17.0 Å². The van der Waals surface area contributed by atoms with Gasteiger partial charge in [-0.05, 0) is 31.4 Å². The second kappa shape index (κ2) is 4.79. The fraction of sp³-hybridized carbons (Fsp3) is 0.636. The molecule has 0 aliphatic heterocycles. The minimum Gasteiger partial charge on any atom is -0.367 e. The summed E-state index contributed by atoms with van der Waals surface area (Å²) in [7, 11) is 0. The first-order valence-electron chi connectivity index (χ1n) is 5.52. The SMILES string of the molecule is Cc1cc(NC2CCCCC2)nc(Cl)n1. The van der Waals surface area contributed by atoms with E-state index in [1.54, 1.807) is 0 Å². The Kier molecular flexibility index (Phi) is 3.41. The highest BCUT2D eigenvalue weighted by molar-refractivity contribution is 6.28. The van der Waals surface area contributed by atoms with Crippen LogP contribution in [-0.2, 0) is 0 Å². The summed E-state index contributed by atoms with van der Waals surface area (Å²) in [5.41, 5.74) is 0.910. The maximum absolute atomic E-state index is 5.81. The van der Waals surface area contributed by atoms with E-state index in [9.17, 15) is 0 Å². The zero-order valence-corrected chi connectivity index (χ0v) is 9.72. The van der Waals surface area contributed by atoms with Crippen molar-refractivity contribution in [1.29, 1.82) is 0 Å². The van der Waals surface area contributed by atoms with Gasteiger partial charge < -0.3 is 5.32 Å². The summed E-state index contributed by atoms with van der Waals surface area (Å²) in [4.78, 5) is 8.21. The van der Waals surface area contributed by atoms with Crippen LogP contribution in [0.3, 0.4) is 0 Å². The van der Waals surface area contributed by atoms with Crippen molar-refractivity contribution in [2.75, 3.05) is 5.32 Å². The molecule has 0 unspecified atom stereocenters. The van der Waals surface area contributed by atoms with Gasteiger partial charge in [0.15, 0.2) is 0 Å². The number of aryl methyl sites for hydroxylation is 1. The third kappa shape index (κ3) is 3.06. The van der Waals surface area contributed by atoms with E-state index in [1.807, 2.05) is 13.0 Å². The van der Waals surface area contributed by atoms with E-state index in [-0.39, 0.29) is 0 Å². The Morgan fingerprint density at radius 1 is 1.27 bits per heavy atom. The van der Waals surface area contributed by atoms with Crippen LogP contribution in [0, 0.1) is 6.92 Å². The largest absolute Gasteiger partial charge is 0.367 e. The molecule has 0 aromatic carbocycles. The van der Waals surface area contributed by atoms with Crippen LogP contribution in [0.2, 0.25) is 5.28 Å². The summed E-state index contributed by atoms with van der Waals surface area (Å²) >= 11 is 5.81. The van der Waals surface area contributed by atoms with Crippen molar-refractivity contribution in [2.24, 2.45) is 0 Å². The third-order valence-corrected chi connectivity index (χ3v) is 2.95. The Bertz CT molecular complexity index is 314. The normalized spacial score (nSPS) is 17.7. The number of nitrogens with zero attached hydrogens (tertiary/aromatic N) is 2. The molecular weight excluding hydrogens is 210 g/mol. The molecule has 0 spiro atoms. The Balaban J connectivity index is 2.02. The average Bonchev–Trinajstić information content (AvgIpc) is 2.17. The fourth-order valence-corrected chi connectivity index (χ4v) is 2.29. The van der Waals surface area contributed by atoms with Gasteiger partial charge in [0.05, 0.1) is 0 Å². The summed E-state index contributed by atoms with van der Waals surface area (Å²) in [5, 5.41) is 3.75. The van der Waals surface area contributed by atoms with Gasteiger partial charge in [0, 0.05) is 17.8 Å². The molecule has 1 aliphatic rings. The first-order valence-corrected chi connectivity index (χ1v) is 5.89. The lowest BCUT2D eigenvalue weighted by atomic mass is 9.95. The van der Waals surface area contributed by atoms with Crippen molar-refractivity contribution in [2.45, 2.75) is 45.1 Å². The topological polar surface area (TPSA) is 37.8 Å². The van der Waals surface area contributed by atoms with Crippen LogP contribution in [0.5, 0.6) is 0 Å². The maximum atomic E-state index is 5.81. The highest BCUT2D eigenvalue weighted by atomic mass is 35.5. The van der Waals surface area contributed by atoms with E-state index in [1.165, 1.54) is 32.1 Å². The highest BCUT2D eigenvalue weighted by Crippen LogP contribution is 2.21. The molecule has 1 fully saturated rings. The molecule has 1 heterocycles. The molecule has 0 radical (unpaired) electrons. The molecule has 1 aromatic heterocycles. The predicted molar refractivity (Wildman–Crippen MR) is 62.3 cm³/mol. The van der Waals surface area contributed by atoms with Crippen LogP contribution in [0.4, 0.5) is 5.82 Å². The Labute approximate surface area is 95.3 Å². The van der Waals surface area contributed by atoms with E-state index >= 15 is 0 Å². The zero-order chi connectivity index (χ0) is 10.7. The molecule has 1 aromatic rings. The quantitative estimate of drug-likeness (QED) is 0.786. The molecule has 0 saturated heterocycles. The Hall–Kier alpha value is -0.830. The van der Waals surface area contributed by atoms with Crippen LogP contribution in [0.1, 0.15) is 37.8 Å². The first kappa shape index (κ1) is 10.7. The van der Waals surface area contributed by atoms with Gasteiger partial charge in [-0.15, -0.1) is 0 Å². The minimum absolute atomic E-state index is 0.327. The highest BCUT2D eigenvalue weighted by Gasteiger charge is 2.13. The van der Waals surface area contributed by atoms with E-state index in [2.05, 4.69) is 15.3 Å². The van der Waals surface area contributed by atoms with Gasteiger partial charge in [-0.1, -0.05) is 19.3 Å². The van der Waals surface area contributed by atoms with Crippen molar-refractivity contribution in [3.8, 4) is 0 Å². The molecule has 1 aliphatic carbocycles. The lowest BCUT2D eigenvalue weighted by molar-refractivity contribution is 0.462. The van der Waals surface area contributed by atoms with Crippen molar-refractivity contribution < 1.29 is 0 Å². The van der Waals surface area contributed by atoms with Crippen LogP contribution >= 0.6 is 11.6 Å². The van der Waals surface area contributed by atoms with Gasteiger partial charge in [-0.2, -0.15) is 0 Å². The molecule has 4 heteroatoms. The maximum Gasteiger partial charge on any atom is 0.224 e. The van der Waals surface area contributed by atoms with Gasteiger partial charge in [-0.25, -0.2) is 9.97 Å². The van der Waals surface area contributed by atoms with Gasteiger partial charge in [0.2, 0.25) is 5.28 Å². The molecule has 82 valence electrons. The number of aromatic nitrogens is 2. The number of nitrogens with one attached hydrogen (secondary N) is 1. The van der Waals surface area contributed by atoms with E-state index in [4.69, 9.17) is 11.6 Å². The summed E-state index contributed by atoms with van der Waals surface area (Å²) < 4.78 is 0. The van der Waals surface area contributed by atoms with E-state index < -0.39 is 0 Å². The van der Waals surface area contributed by atoms with Crippen LogP contribution < -0.4 is 5.32 Å². The summed E-state index contributed by atoms with van der Waals surface area (Å²) in [6, 6.07) is 2.50. The van der Waals surface area contributed by atoms with Crippen molar-refractivity contribution >= 4 is 17.4 Å². The molecule has 3 nitrogen and oxygen atoms in total. The third-order valence-electron chi connectivity index (χ3n) is 2.78. The van der Waals surface area contributed by atoms with Gasteiger partial charge in [0.1, 0.15) is 5.82 Å². The van der Waals surface area contributed by atoms with Crippen LogP contribution in [0.25, 0.3) is 0 Å². The average molecular weight is 226 g/mol. The molecule has 0 atom stereocenters. The smallest absolute Gasteiger partial charge is 0.224 e. The first-order chi connectivity index (χ1) is 7.24. The lowest BCUT2D eigenvalue weighted by Crippen LogP contribution is -2.22. The molecule has 2 rings (SSSR count). The number of hydrogen-bond donors (Lipinski definition) is 1. The number of rotatable bonds is 2. The molecule has 0 amide bonds. The van der Waals surface area contributed by atoms with Gasteiger partial charge in [0.25, 0.3) is 0 Å². The lowest BCUT2D eigenvalue weighted by Gasteiger charge is -2.23. The fourth-order valence-electron chi connectivity index (χ4n) is 2.06. The molecule has 1 saturated carbocycles. The van der Waals surface area contributed by atoms with E-state index in [0.29, 0.717) is 11.3 Å². The number of anilines is 1. The molecule has 15 heavy (non-hydrogen) atoms. The van der Waals surface area contributed by atoms with Crippen molar-refractivity contribution in [1.82, 2.24) is 9.97 Å². The summed E-state index contributed by atoms with van der Waals surface area (Å²) in [6.07, 6.45) is 6.47. The molecular formula is C11H16ClN3. The number of hydrogen-bond acceptors (Lipinski definition) is 3. The standard InChI is InChI=1S/C11H16ClN3/c1-8-7-10(15-11(12)13-8)14-9-5-3-2-4-6-9/h7,9H,2-6H2,1H3,(H,13,14,15). The van der Waals surface area contributed by atoms with E-state index in [0.717, 1.165) is 11.5 Å². The van der Waals surface area contributed by atoms with Crippen LogP contribution in [-0.4, -0.2) is 16.0 Å². The zero-order valence-electron chi connectivity index (χ0n) is 8.96. The second-order valence-electron chi connectivity index (χ2n) is 4.14. The minimum atomic E-state index is 0.327.